The molecule has 0 aromatic heterocycles. The number of likely N-dealkylation sites (N-methyl/N-ethyl adjacent to an activating group) is 2. The maximum absolute atomic E-state index is 11.7. The molecule has 2 saturated carbocycles. The molecule has 2 rings (SSSR count). The summed E-state index contributed by atoms with van der Waals surface area (Å²) in [6, 6.07) is 0. The van der Waals surface area contributed by atoms with Crippen LogP contribution in [0.25, 0.3) is 0 Å². The first kappa shape index (κ1) is 16.0. The molecule has 20 heavy (non-hydrogen) atoms. The van der Waals surface area contributed by atoms with Gasteiger partial charge in [0.05, 0.1) is 0 Å². The molecule has 0 bridgehead atoms. The van der Waals surface area contributed by atoms with Crippen LogP contribution in [0.1, 0.15) is 51.9 Å². The van der Waals surface area contributed by atoms with Crippen molar-refractivity contribution in [1.29, 1.82) is 0 Å². The van der Waals surface area contributed by atoms with E-state index >= 15 is 0 Å². The second kappa shape index (κ2) is 6.15. The molecule has 0 amide bonds. The zero-order chi connectivity index (χ0) is 14.8. The van der Waals surface area contributed by atoms with E-state index in [0.717, 1.165) is 31.8 Å². The van der Waals surface area contributed by atoms with Crippen LogP contribution in [0.3, 0.4) is 0 Å². The SMILES string of the molecule is CC1CCC(C=O)(CN(C)CC2(N(C)C)CCC2)CC1. The highest BCUT2D eigenvalue weighted by Gasteiger charge is 2.42. The topological polar surface area (TPSA) is 23.6 Å². The van der Waals surface area contributed by atoms with E-state index in [1.54, 1.807) is 0 Å². The molecular formula is C17H32N2O. The van der Waals surface area contributed by atoms with E-state index in [1.165, 1.54) is 38.4 Å². The minimum absolute atomic E-state index is 0.0709. The van der Waals surface area contributed by atoms with Gasteiger partial charge in [0.2, 0.25) is 0 Å². The van der Waals surface area contributed by atoms with Crippen LogP contribution in [0, 0.1) is 11.3 Å². The highest BCUT2D eigenvalue weighted by Crippen LogP contribution is 2.40. The second-order valence-electron chi connectivity index (χ2n) is 7.81. The summed E-state index contributed by atoms with van der Waals surface area (Å²) in [7, 11) is 6.60. The number of carbonyl (C=O) groups is 1. The van der Waals surface area contributed by atoms with E-state index in [2.05, 4.69) is 37.9 Å². The van der Waals surface area contributed by atoms with Crippen molar-refractivity contribution in [2.45, 2.75) is 57.4 Å². The third-order valence-corrected chi connectivity index (χ3v) is 5.90. The van der Waals surface area contributed by atoms with Crippen LogP contribution >= 0.6 is 0 Å². The summed E-state index contributed by atoms with van der Waals surface area (Å²) < 4.78 is 0. The largest absolute Gasteiger partial charge is 0.304 e. The van der Waals surface area contributed by atoms with Crippen LogP contribution in [-0.4, -0.2) is 55.9 Å². The predicted octanol–water partition coefficient (Wildman–Crippen LogP) is 2.80. The Kier molecular flexibility index (Phi) is 4.91. The van der Waals surface area contributed by atoms with Crippen molar-refractivity contribution in [2.75, 3.05) is 34.2 Å². The first-order valence-electron chi connectivity index (χ1n) is 8.24. The van der Waals surface area contributed by atoms with Crippen LogP contribution in [0.15, 0.2) is 0 Å². The predicted molar refractivity (Wildman–Crippen MR) is 83.9 cm³/mol. The maximum Gasteiger partial charge on any atom is 0.127 e. The lowest BCUT2D eigenvalue weighted by Crippen LogP contribution is -2.57. The molecule has 3 heteroatoms. The summed E-state index contributed by atoms with van der Waals surface area (Å²) in [4.78, 5) is 16.5. The number of hydrogen-bond acceptors (Lipinski definition) is 3. The van der Waals surface area contributed by atoms with Crippen molar-refractivity contribution in [2.24, 2.45) is 11.3 Å². The van der Waals surface area contributed by atoms with Crippen molar-refractivity contribution in [3.05, 3.63) is 0 Å². The van der Waals surface area contributed by atoms with Crippen LogP contribution in [-0.2, 0) is 4.79 Å². The number of aldehydes is 1. The second-order valence-corrected chi connectivity index (χ2v) is 7.81. The van der Waals surface area contributed by atoms with Gasteiger partial charge in [-0.2, -0.15) is 0 Å². The summed E-state index contributed by atoms with van der Waals surface area (Å²) >= 11 is 0. The minimum Gasteiger partial charge on any atom is -0.304 e. The Labute approximate surface area is 124 Å². The quantitative estimate of drug-likeness (QED) is 0.699. The fraction of sp³-hybridized carbons (Fsp3) is 0.941. The lowest BCUT2D eigenvalue weighted by atomic mass is 9.71. The average Bonchev–Trinajstić information content (AvgIpc) is 2.36. The van der Waals surface area contributed by atoms with Gasteiger partial charge in [-0.3, -0.25) is 0 Å². The molecule has 0 radical (unpaired) electrons. The normalized spacial score (nSPS) is 33.2. The van der Waals surface area contributed by atoms with E-state index in [-0.39, 0.29) is 5.41 Å². The molecule has 0 unspecified atom stereocenters. The van der Waals surface area contributed by atoms with Crippen LogP contribution in [0.5, 0.6) is 0 Å². The molecule has 0 saturated heterocycles. The Balaban J connectivity index is 1.92. The fourth-order valence-electron chi connectivity index (χ4n) is 4.08. The molecule has 3 nitrogen and oxygen atoms in total. The highest BCUT2D eigenvalue weighted by atomic mass is 16.1. The van der Waals surface area contributed by atoms with Crippen LogP contribution in [0.2, 0.25) is 0 Å². The molecule has 2 aliphatic carbocycles. The van der Waals surface area contributed by atoms with Crippen molar-refractivity contribution < 1.29 is 4.79 Å². The lowest BCUT2D eigenvalue weighted by molar-refractivity contribution is -0.120. The van der Waals surface area contributed by atoms with E-state index in [1.807, 2.05) is 0 Å². The number of hydrogen-bond donors (Lipinski definition) is 0. The van der Waals surface area contributed by atoms with Crippen molar-refractivity contribution in [1.82, 2.24) is 9.80 Å². The maximum atomic E-state index is 11.7. The Hall–Kier alpha value is -0.410. The van der Waals surface area contributed by atoms with Gasteiger partial charge in [0.1, 0.15) is 6.29 Å². The summed E-state index contributed by atoms with van der Waals surface area (Å²) in [6.45, 7) is 4.36. The van der Waals surface area contributed by atoms with Gasteiger partial charge in [-0.1, -0.05) is 6.92 Å². The first-order valence-corrected chi connectivity index (χ1v) is 8.24. The number of rotatable bonds is 6. The number of carbonyl (C=O) groups excluding carboxylic acids is 1. The molecular weight excluding hydrogens is 248 g/mol. The van der Waals surface area contributed by atoms with Gasteiger partial charge in [0.15, 0.2) is 0 Å². The Morgan fingerprint density at radius 2 is 1.65 bits per heavy atom. The standard InChI is InChI=1S/C17H32N2O/c1-15-6-10-16(14-20,11-7-15)12-19(4)13-17(18(2)3)8-5-9-17/h14-15H,5-13H2,1-4H3. The van der Waals surface area contributed by atoms with Gasteiger partial charge < -0.3 is 14.6 Å². The fourth-order valence-corrected chi connectivity index (χ4v) is 4.08. The molecule has 0 atom stereocenters. The van der Waals surface area contributed by atoms with E-state index in [9.17, 15) is 4.79 Å². The van der Waals surface area contributed by atoms with Gasteiger partial charge in [0, 0.05) is 24.0 Å². The third kappa shape index (κ3) is 3.25. The zero-order valence-electron chi connectivity index (χ0n) is 13.8. The summed E-state index contributed by atoms with van der Waals surface area (Å²) in [5.41, 5.74) is 0.291. The van der Waals surface area contributed by atoms with Crippen molar-refractivity contribution >= 4 is 6.29 Å². The van der Waals surface area contributed by atoms with Gasteiger partial charge in [-0.15, -0.1) is 0 Å². The van der Waals surface area contributed by atoms with Crippen LogP contribution in [0.4, 0.5) is 0 Å². The first-order chi connectivity index (χ1) is 9.41. The number of nitrogens with zero attached hydrogens (tertiary/aromatic N) is 2. The van der Waals surface area contributed by atoms with Gasteiger partial charge in [-0.05, 0) is 72.0 Å². The lowest BCUT2D eigenvalue weighted by Gasteiger charge is -2.50. The molecule has 0 aromatic rings. The van der Waals surface area contributed by atoms with Gasteiger partial charge in [-0.25, -0.2) is 0 Å². The Morgan fingerprint density at radius 3 is 2.05 bits per heavy atom. The van der Waals surface area contributed by atoms with E-state index in [0.29, 0.717) is 5.54 Å². The molecule has 0 spiro atoms. The molecule has 2 aliphatic rings. The summed E-state index contributed by atoms with van der Waals surface area (Å²) in [6.07, 6.45) is 9.80. The molecule has 116 valence electrons. The Bertz CT molecular complexity index is 328. The minimum atomic E-state index is -0.0709. The monoisotopic (exact) mass is 280 g/mol. The van der Waals surface area contributed by atoms with Crippen LogP contribution < -0.4 is 0 Å². The van der Waals surface area contributed by atoms with Crippen molar-refractivity contribution in [3.8, 4) is 0 Å². The summed E-state index contributed by atoms with van der Waals surface area (Å²) in [5, 5.41) is 0. The van der Waals surface area contributed by atoms with Gasteiger partial charge >= 0.3 is 0 Å². The summed E-state index contributed by atoms with van der Waals surface area (Å²) in [5.74, 6) is 0.799. The average molecular weight is 280 g/mol. The molecule has 0 aliphatic heterocycles. The smallest absolute Gasteiger partial charge is 0.127 e. The molecule has 2 fully saturated rings. The van der Waals surface area contributed by atoms with E-state index in [4.69, 9.17) is 0 Å². The third-order valence-electron chi connectivity index (χ3n) is 5.90. The highest BCUT2D eigenvalue weighted by molar-refractivity contribution is 5.60. The Morgan fingerprint density at radius 1 is 1.05 bits per heavy atom. The van der Waals surface area contributed by atoms with Gasteiger partial charge in [0.25, 0.3) is 0 Å². The van der Waals surface area contributed by atoms with Crippen molar-refractivity contribution in [3.63, 3.8) is 0 Å². The molecule has 0 N–H and O–H groups in total. The molecule has 0 aromatic carbocycles. The molecule has 0 heterocycles. The zero-order valence-corrected chi connectivity index (χ0v) is 13.8. The van der Waals surface area contributed by atoms with E-state index < -0.39 is 0 Å².